The number of H-pyrrole nitrogens is 1. The van der Waals surface area contributed by atoms with Crippen molar-refractivity contribution in [2.45, 2.75) is 18.9 Å². The number of nitrogens with zero attached hydrogens (tertiary/aromatic N) is 1. The van der Waals surface area contributed by atoms with Gasteiger partial charge in [0.25, 0.3) is 5.56 Å². The van der Waals surface area contributed by atoms with Crippen LogP contribution in [0.2, 0.25) is 0 Å². The van der Waals surface area contributed by atoms with Crippen molar-refractivity contribution in [1.82, 2.24) is 9.36 Å². The van der Waals surface area contributed by atoms with Crippen molar-refractivity contribution in [1.29, 1.82) is 0 Å². The predicted molar refractivity (Wildman–Crippen MR) is 119 cm³/mol. The number of hydrogen-bond donors (Lipinski definition) is 1. The fourth-order valence-electron chi connectivity index (χ4n) is 3.78. The average molecular weight is 433 g/mol. The Morgan fingerprint density at radius 2 is 1.94 bits per heavy atom. The molecule has 0 spiro atoms. The molecule has 1 aliphatic rings. The van der Waals surface area contributed by atoms with Gasteiger partial charge in [0, 0.05) is 23.9 Å². The number of ether oxygens (including phenoxy) is 3. The Bertz CT molecular complexity index is 1260. The molecule has 7 heteroatoms. The van der Waals surface area contributed by atoms with E-state index in [1.54, 1.807) is 25.4 Å². The highest BCUT2D eigenvalue weighted by atomic mass is 32.1. The molecule has 5 rings (SSSR count). The fraction of sp³-hybridized carbons (Fsp3) is 0.167. The van der Waals surface area contributed by atoms with Gasteiger partial charge >= 0.3 is 0 Å². The molecule has 2 heterocycles. The van der Waals surface area contributed by atoms with Crippen LogP contribution in [0.3, 0.4) is 0 Å². The minimum absolute atomic E-state index is 0.0281. The van der Waals surface area contributed by atoms with Gasteiger partial charge in [-0.3, -0.25) is 9.17 Å². The summed E-state index contributed by atoms with van der Waals surface area (Å²) in [5.41, 5.74) is 3.22. The molecule has 1 aliphatic carbocycles. The first-order chi connectivity index (χ1) is 15.2. The Hall–Kier alpha value is -3.58. The summed E-state index contributed by atoms with van der Waals surface area (Å²) < 4.78 is 20.3. The lowest BCUT2D eigenvalue weighted by Crippen LogP contribution is -2.03. The SMILES string of the molecule is COc1cc(Oc2cccc3c2CCC3Oc2ccc(-c3cc(=O)[nH]s3)cc2)ccn1. The molecule has 1 N–H and O–H groups in total. The topological polar surface area (TPSA) is 73.4 Å². The van der Waals surface area contributed by atoms with Crippen LogP contribution in [-0.2, 0) is 6.42 Å². The number of aromatic amines is 1. The normalized spacial score (nSPS) is 14.8. The van der Waals surface area contributed by atoms with E-state index in [1.807, 2.05) is 42.5 Å². The van der Waals surface area contributed by atoms with Crippen molar-refractivity contribution in [2.75, 3.05) is 7.11 Å². The minimum Gasteiger partial charge on any atom is -0.486 e. The van der Waals surface area contributed by atoms with Gasteiger partial charge in [-0.15, -0.1) is 0 Å². The standard InChI is InChI=1S/C24H20N2O4S/c1-28-24-13-17(11-12-25-24)30-20-4-2-3-18-19(20)9-10-21(18)29-16-7-5-15(6-8-16)22-14-23(27)26-31-22/h2-8,11-14,21H,9-10H2,1H3,(H,26,27). The van der Waals surface area contributed by atoms with Gasteiger partial charge in [-0.1, -0.05) is 23.7 Å². The van der Waals surface area contributed by atoms with Crippen LogP contribution in [0.5, 0.6) is 23.1 Å². The molecule has 0 saturated heterocycles. The molecule has 156 valence electrons. The van der Waals surface area contributed by atoms with Gasteiger partial charge in [-0.25, -0.2) is 4.98 Å². The van der Waals surface area contributed by atoms with Crippen LogP contribution in [0.1, 0.15) is 23.7 Å². The molecular formula is C24H20N2O4S. The lowest BCUT2D eigenvalue weighted by Gasteiger charge is -2.16. The van der Waals surface area contributed by atoms with E-state index in [0.29, 0.717) is 11.6 Å². The second-order valence-electron chi connectivity index (χ2n) is 7.21. The third-order valence-corrected chi connectivity index (χ3v) is 6.13. The zero-order valence-electron chi connectivity index (χ0n) is 16.8. The summed E-state index contributed by atoms with van der Waals surface area (Å²) in [6.07, 6.45) is 3.41. The van der Waals surface area contributed by atoms with E-state index >= 15 is 0 Å². The second-order valence-corrected chi connectivity index (χ2v) is 8.05. The Morgan fingerprint density at radius 1 is 1.06 bits per heavy atom. The fourth-order valence-corrected chi connectivity index (χ4v) is 4.47. The number of aromatic nitrogens is 2. The quantitative estimate of drug-likeness (QED) is 0.444. The molecule has 1 atom stereocenters. The van der Waals surface area contributed by atoms with Crippen molar-refractivity contribution >= 4 is 11.5 Å². The maximum absolute atomic E-state index is 11.4. The average Bonchev–Trinajstić information content (AvgIpc) is 3.42. The van der Waals surface area contributed by atoms with Gasteiger partial charge in [0.1, 0.15) is 23.4 Å². The zero-order chi connectivity index (χ0) is 21.2. The molecule has 4 aromatic rings. The number of benzene rings is 2. The molecule has 0 fully saturated rings. The van der Waals surface area contributed by atoms with E-state index in [9.17, 15) is 4.79 Å². The van der Waals surface area contributed by atoms with Gasteiger partial charge in [-0.05, 0) is 60.4 Å². The Morgan fingerprint density at radius 3 is 2.71 bits per heavy atom. The molecular weight excluding hydrogens is 412 g/mol. The number of fused-ring (bicyclic) bond motifs is 1. The second kappa shape index (κ2) is 8.28. The molecule has 6 nitrogen and oxygen atoms in total. The number of hydrogen-bond acceptors (Lipinski definition) is 6. The molecule has 0 bridgehead atoms. The van der Waals surface area contributed by atoms with Gasteiger partial charge in [-0.2, -0.15) is 0 Å². The molecule has 1 unspecified atom stereocenters. The van der Waals surface area contributed by atoms with Crippen LogP contribution in [0.25, 0.3) is 10.4 Å². The maximum atomic E-state index is 11.4. The van der Waals surface area contributed by atoms with Crippen molar-refractivity contribution in [3.63, 3.8) is 0 Å². The summed E-state index contributed by atoms with van der Waals surface area (Å²) in [5.74, 6) is 2.83. The summed E-state index contributed by atoms with van der Waals surface area (Å²) in [6.45, 7) is 0. The molecule has 2 aromatic heterocycles. The van der Waals surface area contributed by atoms with Gasteiger partial charge in [0.2, 0.25) is 5.88 Å². The summed E-state index contributed by atoms with van der Waals surface area (Å²) in [5, 5.41) is 0. The Kier molecular flexibility index (Phi) is 5.18. The Labute approximate surface area is 183 Å². The van der Waals surface area contributed by atoms with Crippen molar-refractivity contribution in [3.8, 4) is 33.6 Å². The number of nitrogens with one attached hydrogen (secondary N) is 1. The molecule has 2 aromatic carbocycles. The molecule has 31 heavy (non-hydrogen) atoms. The van der Waals surface area contributed by atoms with Crippen LogP contribution >= 0.6 is 11.5 Å². The first kappa shape index (κ1) is 19.4. The van der Waals surface area contributed by atoms with E-state index in [2.05, 4.69) is 15.4 Å². The van der Waals surface area contributed by atoms with Crippen molar-refractivity contribution in [3.05, 3.63) is 88.3 Å². The molecule has 0 radical (unpaired) electrons. The third kappa shape index (κ3) is 4.04. The van der Waals surface area contributed by atoms with E-state index in [-0.39, 0.29) is 11.7 Å². The summed E-state index contributed by atoms with van der Waals surface area (Å²) in [6, 6.07) is 19.1. The number of methoxy groups -OCH3 is 1. The number of rotatable bonds is 6. The van der Waals surface area contributed by atoms with Crippen molar-refractivity contribution in [2.24, 2.45) is 0 Å². The summed E-state index contributed by atoms with van der Waals surface area (Å²) in [7, 11) is 1.58. The van der Waals surface area contributed by atoms with Gasteiger partial charge < -0.3 is 14.2 Å². The summed E-state index contributed by atoms with van der Waals surface area (Å²) >= 11 is 1.33. The maximum Gasteiger partial charge on any atom is 0.258 e. The van der Waals surface area contributed by atoms with Crippen LogP contribution < -0.4 is 19.8 Å². The van der Waals surface area contributed by atoms with Crippen molar-refractivity contribution < 1.29 is 14.2 Å². The first-order valence-electron chi connectivity index (χ1n) is 9.95. The van der Waals surface area contributed by atoms with Crippen LogP contribution in [0.15, 0.2) is 71.7 Å². The smallest absolute Gasteiger partial charge is 0.258 e. The highest BCUT2D eigenvalue weighted by Gasteiger charge is 2.27. The molecule has 0 saturated carbocycles. The van der Waals surface area contributed by atoms with E-state index in [4.69, 9.17) is 14.2 Å². The molecule has 0 aliphatic heterocycles. The van der Waals surface area contributed by atoms with Crippen LogP contribution in [-0.4, -0.2) is 16.5 Å². The van der Waals surface area contributed by atoms with Gasteiger partial charge in [0.15, 0.2) is 0 Å². The van der Waals surface area contributed by atoms with Crippen LogP contribution in [0, 0.1) is 0 Å². The van der Waals surface area contributed by atoms with E-state index < -0.39 is 0 Å². The minimum atomic E-state index is -0.0777. The van der Waals surface area contributed by atoms with Crippen LogP contribution in [0.4, 0.5) is 0 Å². The highest BCUT2D eigenvalue weighted by Crippen LogP contribution is 2.41. The zero-order valence-corrected chi connectivity index (χ0v) is 17.6. The first-order valence-corrected chi connectivity index (χ1v) is 10.8. The lowest BCUT2D eigenvalue weighted by atomic mass is 10.1. The monoisotopic (exact) mass is 432 g/mol. The molecule has 0 amide bonds. The van der Waals surface area contributed by atoms with E-state index in [1.165, 1.54) is 11.5 Å². The van der Waals surface area contributed by atoms with E-state index in [0.717, 1.165) is 45.9 Å². The summed E-state index contributed by atoms with van der Waals surface area (Å²) in [4.78, 5) is 16.4. The third-order valence-electron chi connectivity index (χ3n) is 5.26. The largest absolute Gasteiger partial charge is 0.486 e. The predicted octanol–water partition coefficient (Wildman–Crippen LogP) is 5.37. The lowest BCUT2D eigenvalue weighted by molar-refractivity contribution is 0.207. The highest BCUT2D eigenvalue weighted by molar-refractivity contribution is 7.09. The van der Waals surface area contributed by atoms with Gasteiger partial charge in [0.05, 0.1) is 12.0 Å². The Balaban J connectivity index is 1.34. The number of pyridine rings is 1.